The predicted molar refractivity (Wildman–Crippen MR) is 179 cm³/mol. The Morgan fingerprint density at radius 1 is 0.675 bits per heavy atom. The van der Waals surface area contributed by atoms with E-state index in [0.717, 1.165) is 57.8 Å². The van der Waals surface area contributed by atoms with Crippen LogP contribution in [0.3, 0.4) is 0 Å². The summed E-state index contributed by atoms with van der Waals surface area (Å²) < 4.78 is 0. The minimum atomic E-state index is -0.529. The Bertz CT molecular complexity index is 700. The van der Waals surface area contributed by atoms with Crippen LogP contribution in [-0.4, -0.2) is 93.5 Å². The van der Waals surface area contributed by atoms with Gasteiger partial charge in [-0.2, -0.15) is 47.0 Å². The first-order chi connectivity index (χ1) is 19.1. The van der Waals surface area contributed by atoms with Gasteiger partial charge in [0.25, 0.3) is 0 Å². The molecule has 2 fully saturated rings. The summed E-state index contributed by atoms with van der Waals surface area (Å²) in [6.07, 6.45) is 8.06. The highest BCUT2D eigenvalue weighted by atomic mass is 35.5. The zero-order valence-electron chi connectivity index (χ0n) is 23.8. The van der Waals surface area contributed by atoms with E-state index in [1.54, 1.807) is 11.8 Å². The molecule has 0 spiro atoms. The number of hydrogen-bond acceptors (Lipinski definition) is 10. The Morgan fingerprint density at radius 3 is 1.43 bits per heavy atom. The lowest BCUT2D eigenvalue weighted by molar-refractivity contribution is -0.126. The second kappa shape index (κ2) is 26.8. The molecule has 0 aliphatic heterocycles. The molecule has 0 aromatic rings. The van der Waals surface area contributed by atoms with Crippen molar-refractivity contribution in [2.75, 3.05) is 55.4 Å². The van der Waals surface area contributed by atoms with Crippen LogP contribution >= 0.6 is 70.2 Å². The first kappa shape index (κ1) is 40.2. The Kier molecular flexibility index (Phi) is 26.9. The van der Waals surface area contributed by atoms with Gasteiger partial charge in [0.2, 0.25) is 22.3 Å². The molecule has 0 saturated heterocycles. The maximum Gasteiger partial charge on any atom is 0.222 e. The van der Waals surface area contributed by atoms with Gasteiger partial charge in [-0.3, -0.25) is 19.2 Å². The van der Waals surface area contributed by atoms with Gasteiger partial charge in [0, 0.05) is 90.6 Å². The molecule has 6 N–H and O–H groups in total. The Balaban J connectivity index is 0.000000642. The molecule has 2 aliphatic rings. The van der Waals surface area contributed by atoms with E-state index < -0.39 is 10.5 Å². The van der Waals surface area contributed by atoms with Crippen molar-refractivity contribution in [3.63, 3.8) is 0 Å². The first-order valence-corrected chi connectivity index (χ1v) is 19.1. The van der Waals surface area contributed by atoms with Crippen LogP contribution in [0.1, 0.15) is 58.3 Å². The molecule has 40 heavy (non-hydrogen) atoms. The van der Waals surface area contributed by atoms with Crippen LogP contribution in [0.15, 0.2) is 0 Å². The van der Waals surface area contributed by atoms with Crippen LogP contribution in [0.5, 0.6) is 0 Å². The summed E-state index contributed by atoms with van der Waals surface area (Å²) in [5, 5.41) is 7.14. The second-order valence-electron chi connectivity index (χ2n) is 9.34. The van der Waals surface area contributed by atoms with Crippen molar-refractivity contribution in [3.05, 3.63) is 0 Å². The van der Waals surface area contributed by atoms with Crippen LogP contribution in [0.25, 0.3) is 0 Å². The molecule has 2 aliphatic carbocycles. The lowest BCUT2D eigenvalue weighted by Crippen LogP contribution is -2.33. The van der Waals surface area contributed by atoms with Gasteiger partial charge < -0.3 is 22.1 Å². The number of rotatable bonds is 19. The topological polar surface area (TPSA) is 144 Å². The molecule has 4 atom stereocenters. The smallest absolute Gasteiger partial charge is 0.222 e. The fraction of sp³-hybridized carbons (Fsp3) is 0.846. The Labute approximate surface area is 267 Å². The van der Waals surface area contributed by atoms with Crippen molar-refractivity contribution in [1.82, 2.24) is 10.6 Å². The van der Waals surface area contributed by atoms with E-state index in [1.807, 2.05) is 41.5 Å². The first-order valence-electron chi connectivity index (χ1n) is 13.8. The van der Waals surface area contributed by atoms with Gasteiger partial charge in [-0.25, -0.2) is 0 Å². The molecule has 8 nitrogen and oxygen atoms in total. The van der Waals surface area contributed by atoms with Crippen LogP contribution in [-0.2, 0) is 19.2 Å². The van der Waals surface area contributed by atoms with Crippen molar-refractivity contribution in [2.24, 2.45) is 17.4 Å². The maximum atomic E-state index is 11.6. The number of amides is 2. The number of thioether (sulfide) groups is 4. The highest BCUT2D eigenvalue weighted by molar-refractivity contribution is 8.04. The van der Waals surface area contributed by atoms with Gasteiger partial charge in [0.15, 0.2) is 0 Å². The van der Waals surface area contributed by atoms with E-state index >= 15 is 0 Å². The Hall–Kier alpha value is 0.180. The van der Waals surface area contributed by atoms with Crippen molar-refractivity contribution in [1.29, 1.82) is 0 Å². The summed E-state index contributed by atoms with van der Waals surface area (Å²) in [5.41, 5.74) is 10.9. The van der Waals surface area contributed by atoms with Gasteiger partial charge in [0.1, 0.15) is 0 Å². The van der Waals surface area contributed by atoms with Crippen molar-refractivity contribution >= 4 is 92.5 Å². The van der Waals surface area contributed by atoms with Gasteiger partial charge in [-0.15, -0.1) is 0 Å². The zero-order valence-corrected chi connectivity index (χ0v) is 28.6. The number of carbonyl (C=O) groups is 4. The van der Waals surface area contributed by atoms with Gasteiger partial charge in [-0.05, 0) is 61.1 Å². The molecule has 2 amide bonds. The normalized spacial score (nSPS) is 20.9. The molecule has 2 rings (SSSR count). The number of hydrogen-bond donors (Lipinski definition) is 4. The molecule has 0 bridgehead atoms. The third-order valence-electron chi connectivity index (χ3n) is 6.07. The van der Waals surface area contributed by atoms with Gasteiger partial charge in [0.05, 0.1) is 0 Å². The van der Waals surface area contributed by atoms with Gasteiger partial charge in [-0.1, -0.05) is 6.92 Å². The van der Waals surface area contributed by atoms with E-state index in [4.69, 9.17) is 34.7 Å². The van der Waals surface area contributed by atoms with E-state index in [2.05, 4.69) is 17.6 Å². The number of halogens is 2. The monoisotopic (exact) mass is 678 g/mol. The summed E-state index contributed by atoms with van der Waals surface area (Å²) in [5.74, 6) is 4.89. The quantitative estimate of drug-likeness (QED) is 0.116. The third kappa shape index (κ3) is 22.7. The molecule has 14 heteroatoms. The molecular weight excluding hydrogens is 631 g/mol. The van der Waals surface area contributed by atoms with E-state index in [9.17, 15) is 19.2 Å². The number of nitrogens with two attached hydrogens (primary N) is 2. The molecule has 2 saturated carbocycles. The number of nitrogens with one attached hydrogen (secondary N) is 2. The second-order valence-corrected chi connectivity index (χ2v) is 15.2. The molecule has 0 aromatic heterocycles. The van der Waals surface area contributed by atoms with Crippen LogP contribution in [0, 0.1) is 5.92 Å². The molecule has 4 unspecified atom stereocenters. The van der Waals surface area contributed by atoms with Crippen molar-refractivity contribution in [3.8, 4) is 0 Å². The highest BCUT2D eigenvalue weighted by Crippen LogP contribution is 2.39. The molecular formula is C26H48Cl2N4O4S4. The summed E-state index contributed by atoms with van der Waals surface area (Å²) >= 11 is 17.5. The highest BCUT2D eigenvalue weighted by Gasteiger charge is 2.30. The Morgan fingerprint density at radius 2 is 1.10 bits per heavy atom. The summed E-state index contributed by atoms with van der Waals surface area (Å²) in [7, 11) is 0. The molecule has 0 aromatic carbocycles. The van der Waals surface area contributed by atoms with Crippen LogP contribution < -0.4 is 22.1 Å². The number of carbonyl (C=O) groups excluding carboxylic acids is 4. The lowest BCUT2D eigenvalue weighted by atomic mass is 9.87. The standard InChI is InChI=1S/C14H26N2O2S2.C8H18N2S2.C4H4Cl2O2/c1-11-3-4-12(11)20-10-8-16-14(18)6-5-13(17)15-7-9-19-2;9-3-5-11-7-1-2-8(7)12-6-4-10;5-3(7)1-2-4(6)8/h11-12H,3-10H2,1-2H3,(H,15,17)(H,16,18);7-8H,1-6,9-10H2;1-2H2. The minimum absolute atomic E-state index is 0.0210. The average Bonchev–Trinajstić information content (AvgIpc) is 2.90. The SMILES string of the molecule is CSCCNC(=O)CCC(=O)NCCSC1CCC1C.NCCSC1CCC1SCCN.O=C(Cl)CCC(=O)Cl. The maximum absolute atomic E-state index is 11.6. The average molecular weight is 680 g/mol. The summed E-state index contributed by atoms with van der Waals surface area (Å²) in [6, 6.07) is 0. The van der Waals surface area contributed by atoms with Crippen molar-refractivity contribution < 1.29 is 19.2 Å². The lowest BCUT2D eigenvalue weighted by Gasteiger charge is -2.35. The zero-order chi connectivity index (χ0) is 30.2. The van der Waals surface area contributed by atoms with E-state index in [0.29, 0.717) is 13.1 Å². The van der Waals surface area contributed by atoms with E-state index in [-0.39, 0.29) is 37.5 Å². The predicted octanol–water partition coefficient (Wildman–Crippen LogP) is 4.09. The fourth-order valence-corrected chi connectivity index (χ4v) is 7.88. The molecule has 0 heterocycles. The largest absolute Gasteiger partial charge is 0.355 e. The summed E-state index contributed by atoms with van der Waals surface area (Å²) in [4.78, 5) is 42.8. The van der Waals surface area contributed by atoms with Crippen molar-refractivity contribution in [2.45, 2.75) is 74.0 Å². The van der Waals surface area contributed by atoms with Gasteiger partial charge >= 0.3 is 0 Å². The fourth-order valence-electron chi connectivity index (χ4n) is 3.44. The minimum Gasteiger partial charge on any atom is -0.355 e. The summed E-state index contributed by atoms with van der Waals surface area (Å²) in [6.45, 7) is 5.30. The van der Waals surface area contributed by atoms with Crippen LogP contribution in [0.2, 0.25) is 0 Å². The molecule has 234 valence electrons. The van der Waals surface area contributed by atoms with E-state index in [1.165, 1.54) is 25.7 Å². The van der Waals surface area contributed by atoms with Crippen LogP contribution in [0.4, 0.5) is 0 Å². The third-order valence-corrected chi connectivity index (χ3v) is 11.7. The molecule has 0 radical (unpaired) electrons.